The summed E-state index contributed by atoms with van der Waals surface area (Å²) in [7, 11) is -3.86. The maximum Gasteiger partial charge on any atom is 0.311 e. The summed E-state index contributed by atoms with van der Waals surface area (Å²) in [4.78, 5) is 24.2. The van der Waals surface area contributed by atoms with Crippen LogP contribution in [0.3, 0.4) is 0 Å². The Morgan fingerprint density at radius 2 is 1.79 bits per heavy atom. The third kappa shape index (κ3) is 3.21. The highest BCUT2D eigenvalue weighted by Gasteiger charge is 2.39. The molecule has 1 aliphatic heterocycles. The van der Waals surface area contributed by atoms with E-state index in [0.29, 0.717) is 12.8 Å². The summed E-state index contributed by atoms with van der Waals surface area (Å²) in [6.07, 6.45) is 1.31. The first-order valence-electron chi connectivity index (χ1n) is 7.92. The Labute approximate surface area is 142 Å². The predicted octanol–water partition coefficient (Wildman–Crippen LogP) is 2.70. The van der Waals surface area contributed by atoms with Crippen LogP contribution in [0, 0.1) is 0 Å². The van der Waals surface area contributed by atoms with Gasteiger partial charge in [0.1, 0.15) is 5.70 Å². The number of hydrogen-bond donors (Lipinski definition) is 0. The second kappa shape index (κ2) is 7.17. The Kier molecular flexibility index (Phi) is 5.43. The van der Waals surface area contributed by atoms with Crippen LogP contribution in [0.25, 0.3) is 5.76 Å². The highest BCUT2D eigenvalue weighted by Crippen LogP contribution is 2.38. The highest BCUT2D eigenvalue weighted by atomic mass is 32.2. The minimum Gasteiger partial charge on any atom is -0.423 e. The number of sulfonamides is 1. The molecule has 0 aromatic heterocycles. The molecule has 2 rings (SSSR count). The lowest BCUT2D eigenvalue weighted by Crippen LogP contribution is -2.38. The van der Waals surface area contributed by atoms with Crippen molar-refractivity contribution < 1.29 is 22.7 Å². The monoisotopic (exact) mass is 351 g/mol. The summed E-state index contributed by atoms with van der Waals surface area (Å²) in [6.45, 7) is 5.07. The minimum atomic E-state index is -3.86. The zero-order chi connectivity index (χ0) is 17.9. The first-order chi connectivity index (χ1) is 11.3. The Hall–Kier alpha value is -2.15. The van der Waals surface area contributed by atoms with E-state index < -0.39 is 21.8 Å². The molecule has 0 N–H and O–H groups in total. The fourth-order valence-corrected chi connectivity index (χ4v) is 4.40. The van der Waals surface area contributed by atoms with Crippen LogP contribution in [-0.2, 0) is 24.3 Å². The van der Waals surface area contributed by atoms with Gasteiger partial charge in [0.25, 0.3) is 10.0 Å². The van der Waals surface area contributed by atoms with Crippen molar-refractivity contribution in [3.8, 4) is 0 Å². The van der Waals surface area contributed by atoms with Crippen molar-refractivity contribution in [2.24, 2.45) is 0 Å². The summed E-state index contributed by atoms with van der Waals surface area (Å²) < 4.78 is 32.2. The lowest BCUT2D eigenvalue weighted by Gasteiger charge is -2.32. The topological polar surface area (TPSA) is 80.8 Å². The van der Waals surface area contributed by atoms with Crippen molar-refractivity contribution in [1.29, 1.82) is 0 Å². The number of allylic oxidation sites excluding steroid dienone is 1. The summed E-state index contributed by atoms with van der Waals surface area (Å²) in [6, 6.07) is 6.26. The largest absolute Gasteiger partial charge is 0.423 e. The van der Waals surface area contributed by atoms with Crippen molar-refractivity contribution in [3.05, 3.63) is 35.5 Å². The summed E-state index contributed by atoms with van der Waals surface area (Å²) in [5, 5.41) is 0. The van der Waals surface area contributed by atoms with Crippen molar-refractivity contribution in [3.63, 3.8) is 0 Å². The molecule has 0 amide bonds. The van der Waals surface area contributed by atoms with Crippen LogP contribution >= 0.6 is 0 Å². The molecule has 1 aromatic rings. The molecular formula is C17H21NO5S. The normalized spacial score (nSPS) is 15.9. The average Bonchev–Trinajstić information content (AvgIpc) is 2.52. The molecule has 0 spiro atoms. The molecular weight excluding hydrogens is 330 g/mol. The second-order valence-electron chi connectivity index (χ2n) is 5.53. The molecule has 1 heterocycles. The molecule has 0 bridgehead atoms. The molecule has 6 nitrogen and oxygen atoms in total. The van der Waals surface area contributed by atoms with Gasteiger partial charge in [0.05, 0.1) is 4.90 Å². The Morgan fingerprint density at radius 3 is 2.38 bits per heavy atom. The minimum absolute atomic E-state index is 0.0276. The van der Waals surface area contributed by atoms with Crippen LogP contribution in [-0.4, -0.2) is 31.0 Å². The van der Waals surface area contributed by atoms with Crippen molar-refractivity contribution in [1.82, 2.24) is 4.31 Å². The van der Waals surface area contributed by atoms with Gasteiger partial charge in [-0.1, -0.05) is 26.0 Å². The van der Waals surface area contributed by atoms with Gasteiger partial charge in [-0.25, -0.2) is 8.42 Å². The van der Waals surface area contributed by atoms with Gasteiger partial charge >= 0.3 is 5.97 Å². The van der Waals surface area contributed by atoms with E-state index in [-0.39, 0.29) is 34.9 Å². The number of fused-ring (bicyclic) bond motifs is 1. The molecule has 0 fully saturated rings. The number of hydrogen-bond acceptors (Lipinski definition) is 5. The second-order valence-corrected chi connectivity index (χ2v) is 7.36. The van der Waals surface area contributed by atoms with Gasteiger partial charge in [-0.2, -0.15) is 0 Å². The van der Waals surface area contributed by atoms with Gasteiger partial charge in [-0.05, 0) is 25.0 Å². The lowest BCUT2D eigenvalue weighted by molar-refractivity contribution is -0.136. The lowest BCUT2D eigenvalue weighted by atomic mass is 10.1. The van der Waals surface area contributed by atoms with Crippen LogP contribution in [0.1, 0.15) is 45.6 Å². The SMILES string of the molecule is CCCC(=O)OC1=C(C(C)=O)N(CCC)S(=O)(=O)c2ccccc21. The first-order valence-corrected chi connectivity index (χ1v) is 9.36. The van der Waals surface area contributed by atoms with Gasteiger partial charge in [0.15, 0.2) is 11.5 Å². The van der Waals surface area contributed by atoms with E-state index in [0.717, 1.165) is 4.31 Å². The number of carbonyl (C=O) groups excluding carboxylic acids is 2. The first kappa shape index (κ1) is 18.2. The van der Waals surface area contributed by atoms with Crippen LogP contribution in [0.5, 0.6) is 0 Å². The number of nitrogens with zero attached hydrogens (tertiary/aromatic N) is 1. The fourth-order valence-electron chi connectivity index (χ4n) is 2.60. The zero-order valence-corrected chi connectivity index (χ0v) is 14.9. The maximum absolute atomic E-state index is 12.9. The molecule has 1 aromatic carbocycles. The number of rotatable bonds is 6. The Bertz CT molecular complexity index is 795. The van der Waals surface area contributed by atoms with E-state index in [2.05, 4.69) is 0 Å². The molecule has 130 valence electrons. The van der Waals surface area contributed by atoms with Crippen molar-refractivity contribution >= 4 is 27.5 Å². The smallest absolute Gasteiger partial charge is 0.311 e. The van der Waals surface area contributed by atoms with Crippen LogP contribution in [0.4, 0.5) is 0 Å². The number of Topliss-reactive ketones (excluding diaryl/α,β-unsaturated/α-hetero) is 1. The zero-order valence-electron chi connectivity index (χ0n) is 14.0. The van der Waals surface area contributed by atoms with E-state index in [1.165, 1.54) is 13.0 Å². The van der Waals surface area contributed by atoms with Gasteiger partial charge in [0, 0.05) is 25.5 Å². The van der Waals surface area contributed by atoms with E-state index in [9.17, 15) is 18.0 Å². The molecule has 0 atom stereocenters. The molecule has 0 aliphatic carbocycles. The van der Waals surface area contributed by atoms with Crippen LogP contribution in [0.15, 0.2) is 34.9 Å². The molecule has 0 saturated heterocycles. The number of carbonyl (C=O) groups is 2. The van der Waals surface area contributed by atoms with E-state index in [4.69, 9.17) is 4.74 Å². The van der Waals surface area contributed by atoms with Gasteiger partial charge < -0.3 is 4.74 Å². The van der Waals surface area contributed by atoms with Gasteiger partial charge in [0.2, 0.25) is 0 Å². The average molecular weight is 351 g/mol. The van der Waals surface area contributed by atoms with Crippen LogP contribution in [0.2, 0.25) is 0 Å². The van der Waals surface area contributed by atoms with Crippen molar-refractivity contribution in [2.45, 2.75) is 44.9 Å². The van der Waals surface area contributed by atoms with E-state index in [1.54, 1.807) is 18.2 Å². The standard InChI is InChI=1S/C17H21NO5S/c1-4-8-15(20)23-17-13-9-6-7-10-14(13)24(21,22)18(11-5-2)16(17)12(3)19/h6-7,9-10H,4-5,8,11H2,1-3H3. The molecule has 0 unspecified atom stereocenters. The molecule has 1 aliphatic rings. The maximum atomic E-state index is 12.9. The Morgan fingerprint density at radius 1 is 1.12 bits per heavy atom. The number of benzene rings is 1. The fraction of sp³-hybridized carbons (Fsp3) is 0.412. The quantitative estimate of drug-likeness (QED) is 0.736. The predicted molar refractivity (Wildman–Crippen MR) is 89.2 cm³/mol. The van der Waals surface area contributed by atoms with E-state index in [1.807, 2.05) is 13.8 Å². The van der Waals surface area contributed by atoms with Crippen molar-refractivity contribution in [2.75, 3.05) is 6.54 Å². The van der Waals surface area contributed by atoms with Crippen LogP contribution < -0.4 is 0 Å². The van der Waals surface area contributed by atoms with E-state index >= 15 is 0 Å². The summed E-state index contributed by atoms with van der Waals surface area (Å²) in [5.74, 6) is -0.919. The number of esters is 1. The summed E-state index contributed by atoms with van der Waals surface area (Å²) >= 11 is 0. The molecule has 24 heavy (non-hydrogen) atoms. The molecule has 0 radical (unpaired) electrons. The summed E-state index contributed by atoms with van der Waals surface area (Å²) in [5.41, 5.74) is 0.166. The third-order valence-corrected chi connectivity index (χ3v) is 5.45. The van der Waals surface area contributed by atoms with Gasteiger partial charge in [-0.3, -0.25) is 13.9 Å². The number of ketones is 1. The third-order valence-electron chi connectivity index (χ3n) is 3.59. The van der Waals surface area contributed by atoms with Gasteiger partial charge in [-0.15, -0.1) is 0 Å². The highest BCUT2D eigenvalue weighted by molar-refractivity contribution is 7.89. The number of ether oxygens (including phenoxy) is 1. The molecule has 7 heteroatoms. The Balaban J connectivity index is 2.73. The molecule has 0 saturated carbocycles.